The van der Waals surface area contributed by atoms with Gasteiger partial charge in [-0.15, -0.1) is 0 Å². The first-order chi connectivity index (χ1) is 53.0. The molecule has 5 heterocycles. The Bertz CT molecular complexity index is 6440. The lowest BCUT2D eigenvalue weighted by molar-refractivity contribution is 0.568. The molecule has 0 atom stereocenters. The second-order valence-electron chi connectivity index (χ2n) is 39.6. The quantitative estimate of drug-likeness (QED) is 0.148. The van der Waals surface area contributed by atoms with E-state index in [1.807, 2.05) is 0 Å². The van der Waals surface area contributed by atoms with Crippen LogP contribution < -0.4 is 26.2 Å². The maximum absolute atomic E-state index is 2.75. The van der Waals surface area contributed by atoms with E-state index in [1.165, 1.54) is 149 Å². The van der Waals surface area contributed by atoms with Crippen molar-refractivity contribution < 1.29 is 0 Å². The zero-order chi connectivity index (χ0) is 78.6. The van der Waals surface area contributed by atoms with Gasteiger partial charge >= 0.3 is 0 Å². The zero-order valence-corrected chi connectivity index (χ0v) is 69.6. The van der Waals surface area contributed by atoms with Crippen LogP contribution in [0.15, 0.2) is 261 Å². The maximum Gasteiger partial charge on any atom is 0.252 e. The number of nitrogens with zero attached hydrogens (tertiary/aromatic N) is 5. The summed E-state index contributed by atoms with van der Waals surface area (Å²) < 4.78 is 7.65. The van der Waals surface area contributed by atoms with Crippen LogP contribution in [0.5, 0.6) is 0 Å². The number of rotatable bonds is 7. The van der Waals surface area contributed by atoms with E-state index >= 15 is 0 Å². The summed E-state index contributed by atoms with van der Waals surface area (Å²) in [5.41, 5.74) is 34.0. The molecule has 0 aliphatic carbocycles. The highest BCUT2D eigenvalue weighted by Crippen LogP contribution is 2.54. The molecule has 0 spiro atoms. The van der Waals surface area contributed by atoms with E-state index in [-0.39, 0.29) is 44.6 Å². The van der Waals surface area contributed by atoms with Gasteiger partial charge in [-0.05, 0) is 201 Å². The molecule has 0 unspecified atom stereocenters. The van der Waals surface area contributed by atoms with E-state index < -0.39 is 0 Å². The minimum atomic E-state index is -0.319. The van der Waals surface area contributed by atoms with Crippen LogP contribution in [0.25, 0.3) is 105 Å². The Morgan fingerprint density at radius 2 is 0.527 bits per heavy atom. The summed E-state index contributed by atoms with van der Waals surface area (Å²) in [5, 5.41) is 7.36. The fourth-order valence-corrected chi connectivity index (χ4v) is 18.2. The molecule has 0 bridgehead atoms. The molecule has 112 heavy (non-hydrogen) atoms. The van der Waals surface area contributed by atoms with Gasteiger partial charge in [-0.3, -0.25) is 0 Å². The molecule has 0 N–H and O–H groups in total. The highest BCUT2D eigenvalue weighted by atomic mass is 15.2. The van der Waals surface area contributed by atoms with Gasteiger partial charge in [-0.1, -0.05) is 309 Å². The molecular formula is C106H106BN5. The van der Waals surface area contributed by atoms with Crippen LogP contribution in [0.4, 0.5) is 34.1 Å². The standard InChI is InChI=1S/C106H106BN5/c1-100(2,3)67-43-51-91(83(59-67)65-53-69(102(7,8)9)57-70(54-65)103(10,11)12)111-93-63-75(108-87-39-29-25-35-77(87)78-36-26-30-40-88(78)108)45-49-85(93)107-86-50-46-76(110-90-42-32-28-38-80(90)82-48-47-81-79-37-27-31-41-89(79)109(98(81)99(82)110)74-33-23-22-24-34-74)64-94(86)112(96-62-73(106(19,20)21)61-95(111)97(96)107)92-52-44-68(101(4,5)6)60-84(92)66-55-71(104(13,14)15)58-72(56-66)105(16,17)18/h22-64H,1-21H3. The molecule has 0 fully saturated rings. The highest BCUT2D eigenvalue weighted by molar-refractivity contribution is 7.00. The fourth-order valence-electron chi connectivity index (χ4n) is 18.2. The average molecular weight is 1460 g/mol. The third-order valence-corrected chi connectivity index (χ3v) is 24.6. The number of aromatic nitrogens is 3. The second-order valence-corrected chi connectivity index (χ2v) is 39.6. The van der Waals surface area contributed by atoms with E-state index in [0.29, 0.717) is 0 Å². The van der Waals surface area contributed by atoms with Crippen LogP contribution in [0.1, 0.15) is 184 Å². The molecule has 6 heteroatoms. The Morgan fingerprint density at radius 3 is 0.893 bits per heavy atom. The lowest BCUT2D eigenvalue weighted by atomic mass is 9.33. The van der Waals surface area contributed by atoms with Gasteiger partial charge in [0, 0.05) is 83.3 Å². The van der Waals surface area contributed by atoms with Gasteiger partial charge in [0.1, 0.15) is 0 Å². The number of hydrogen-bond acceptors (Lipinski definition) is 2. The van der Waals surface area contributed by atoms with E-state index in [4.69, 9.17) is 0 Å². The molecule has 0 saturated heterocycles. The lowest BCUT2D eigenvalue weighted by Crippen LogP contribution is -2.61. The van der Waals surface area contributed by atoms with Crippen LogP contribution in [-0.4, -0.2) is 20.4 Å². The molecule has 13 aromatic carbocycles. The molecule has 0 radical (unpaired) electrons. The monoisotopic (exact) mass is 1460 g/mol. The van der Waals surface area contributed by atoms with Crippen molar-refractivity contribution in [2.45, 2.75) is 183 Å². The molecule has 16 aromatic rings. The Kier molecular flexibility index (Phi) is 16.3. The van der Waals surface area contributed by atoms with Gasteiger partial charge < -0.3 is 23.5 Å². The van der Waals surface area contributed by atoms with Crippen LogP contribution in [0.2, 0.25) is 0 Å². The summed E-state index contributed by atoms with van der Waals surface area (Å²) in [6.07, 6.45) is 0. The van der Waals surface area contributed by atoms with Crippen LogP contribution in [0, 0.1) is 0 Å². The van der Waals surface area contributed by atoms with Gasteiger partial charge in [0.2, 0.25) is 0 Å². The first kappa shape index (κ1) is 72.5. The molecule has 5 nitrogen and oxygen atoms in total. The molecule has 2 aliphatic heterocycles. The fraction of sp³-hybridized carbons (Fsp3) is 0.264. The summed E-state index contributed by atoms with van der Waals surface area (Å²) in [5.74, 6) is 0. The van der Waals surface area contributed by atoms with Crippen molar-refractivity contribution in [2.75, 3.05) is 9.80 Å². The smallest absolute Gasteiger partial charge is 0.252 e. The van der Waals surface area contributed by atoms with E-state index in [1.54, 1.807) is 0 Å². The third-order valence-electron chi connectivity index (χ3n) is 24.6. The SMILES string of the molecule is CC(C)(C)c1cc(-c2cc(C(C)(C)C)ccc2N2c3cc(-n4c5ccccc5c5ccccc54)ccc3B3c4ccc(-n5c6ccccc6c6ccc7c8ccccc8n(-c8ccccc8)c7c65)cc4N(c4ccc(C(C)(C)C)cc4-c4cc(C(C)(C)C)cc(C(C)(C)C)c4)c4cc(C(C)(C)C)cc2c43)cc(C(C)(C)C)c1. The predicted molar refractivity (Wildman–Crippen MR) is 485 cm³/mol. The van der Waals surface area contributed by atoms with Crippen molar-refractivity contribution >= 4 is 123 Å². The van der Waals surface area contributed by atoms with Crippen molar-refractivity contribution in [1.82, 2.24) is 13.7 Å². The zero-order valence-electron chi connectivity index (χ0n) is 69.6. The normalized spacial score (nSPS) is 13.7. The van der Waals surface area contributed by atoms with Gasteiger partial charge in [0.25, 0.3) is 6.71 Å². The van der Waals surface area contributed by atoms with Crippen LogP contribution in [-0.2, 0) is 37.9 Å². The van der Waals surface area contributed by atoms with Crippen molar-refractivity contribution in [3.63, 3.8) is 0 Å². The van der Waals surface area contributed by atoms with Crippen molar-refractivity contribution in [3.05, 3.63) is 300 Å². The van der Waals surface area contributed by atoms with E-state index in [2.05, 4.69) is 430 Å². The Morgan fingerprint density at radius 1 is 0.214 bits per heavy atom. The lowest BCUT2D eigenvalue weighted by Gasteiger charge is -2.46. The van der Waals surface area contributed by atoms with Gasteiger partial charge in [-0.2, -0.15) is 0 Å². The molecule has 558 valence electrons. The number of hydrogen-bond donors (Lipinski definition) is 0. The molecular weight excluding hydrogens is 1350 g/mol. The summed E-state index contributed by atoms with van der Waals surface area (Å²) in [6, 6.07) is 102. The van der Waals surface area contributed by atoms with Crippen molar-refractivity contribution in [1.29, 1.82) is 0 Å². The number of anilines is 6. The molecule has 18 rings (SSSR count). The Hall–Kier alpha value is -11.1. The third kappa shape index (κ3) is 11.8. The number of fused-ring (bicyclic) bond motifs is 14. The van der Waals surface area contributed by atoms with E-state index in [0.717, 1.165) is 45.3 Å². The summed E-state index contributed by atoms with van der Waals surface area (Å²) in [4.78, 5) is 5.48. The number of benzene rings is 13. The largest absolute Gasteiger partial charge is 0.311 e. The topological polar surface area (TPSA) is 21.3 Å². The van der Waals surface area contributed by atoms with Gasteiger partial charge in [0.05, 0.1) is 44.5 Å². The Labute approximate surface area is 664 Å². The minimum absolute atomic E-state index is 0.126. The predicted octanol–water partition coefficient (Wildman–Crippen LogP) is 27.5. The molecule has 0 saturated carbocycles. The van der Waals surface area contributed by atoms with Crippen molar-refractivity contribution in [2.24, 2.45) is 0 Å². The Balaban J connectivity index is 1.02. The summed E-state index contributed by atoms with van der Waals surface area (Å²) in [7, 11) is 0. The van der Waals surface area contributed by atoms with Gasteiger partial charge in [-0.25, -0.2) is 0 Å². The average Bonchev–Trinajstić information content (AvgIpc) is 1.67. The van der Waals surface area contributed by atoms with Crippen LogP contribution in [0.3, 0.4) is 0 Å². The first-order valence-electron chi connectivity index (χ1n) is 40.7. The second kappa shape index (κ2) is 25.2. The summed E-state index contributed by atoms with van der Waals surface area (Å²) >= 11 is 0. The molecule has 3 aromatic heterocycles. The maximum atomic E-state index is 2.75. The summed E-state index contributed by atoms with van der Waals surface area (Å²) in [6.45, 7) is 49.8. The molecule has 2 aliphatic rings. The van der Waals surface area contributed by atoms with Gasteiger partial charge in [0.15, 0.2) is 0 Å². The van der Waals surface area contributed by atoms with E-state index in [9.17, 15) is 0 Å². The highest BCUT2D eigenvalue weighted by Gasteiger charge is 2.46. The first-order valence-corrected chi connectivity index (χ1v) is 40.7. The van der Waals surface area contributed by atoms with Crippen molar-refractivity contribution in [3.8, 4) is 39.3 Å². The molecule has 0 amide bonds. The number of para-hydroxylation sites is 5. The van der Waals surface area contributed by atoms with Crippen LogP contribution >= 0.6 is 0 Å². The minimum Gasteiger partial charge on any atom is -0.311 e.